The Morgan fingerprint density at radius 3 is 2.30 bits per heavy atom. The lowest BCUT2D eigenvalue weighted by atomic mass is 9.77. The molecule has 37 heavy (non-hydrogen) atoms. The zero-order valence-corrected chi connectivity index (χ0v) is 24.0. The third kappa shape index (κ3) is 13.3. The summed E-state index contributed by atoms with van der Waals surface area (Å²) >= 11 is 11.7. The maximum Gasteiger partial charge on any atom is 0.211 e. The summed E-state index contributed by atoms with van der Waals surface area (Å²) in [4.78, 5) is 20.5. The van der Waals surface area contributed by atoms with E-state index in [-0.39, 0.29) is 22.8 Å². The third-order valence-electron chi connectivity index (χ3n) is 5.24. The fourth-order valence-electron chi connectivity index (χ4n) is 3.55. The second-order valence-electron chi connectivity index (χ2n) is 11.1. The predicted molar refractivity (Wildman–Crippen MR) is 151 cm³/mol. The van der Waals surface area contributed by atoms with Crippen LogP contribution >= 0.6 is 23.2 Å². The van der Waals surface area contributed by atoms with Crippen LogP contribution in [0.4, 0.5) is 10.1 Å². The van der Waals surface area contributed by atoms with E-state index in [1.165, 1.54) is 6.07 Å². The summed E-state index contributed by atoms with van der Waals surface area (Å²) in [5.41, 5.74) is 2.11. The first-order valence-corrected chi connectivity index (χ1v) is 13.0. The molecule has 0 aromatic heterocycles. The van der Waals surface area contributed by atoms with E-state index in [1.54, 1.807) is 31.2 Å². The second kappa shape index (κ2) is 15.3. The predicted octanol–water partition coefficient (Wildman–Crippen LogP) is 6.29. The molecule has 1 fully saturated rings. The van der Waals surface area contributed by atoms with Crippen molar-refractivity contribution in [3.63, 3.8) is 0 Å². The lowest BCUT2D eigenvalue weighted by Crippen LogP contribution is -2.51. The molecule has 1 unspecified atom stereocenters. The molecule has 0 heterocycles. The van der Waals surface area contributed by atoms with Crippen LogP contribution < -0.4 is 16.0 Å². The van der Waals surface area contributed by atoms with Crippen LogP contribution in [0.25, 0.3) is 0 Å². The summed E-state index contributed by atoms with van der Waals surface area (Å²) in [6.45, 7) is 13.5. The Hall–Kier alpha value is -2.19. The van der Waals surface area contributed by atoms with Crippen molar-refractivity contribution in [1.29, 1.82) is 0 Å². The molecule has 6 nitrogen and oxygen atoms in total. The van der Waals surface area contributed by atoms with Crippen LogP contribution in [0.5, 0.6) is 0 Å². The number of anilines is 1. The Morgan fingerprint density at radius 1 is 1.14 bits per heavy atom. The maximum absolute atomic E-state index is 14.0. The van der Waals surface area contributed by atoms with E-state index in [9.17, 15) is 14.0 Å². The van der Waals surface area contributed by atoms with Crippen molar-refractivity contribution < 1.29 is 19.1 Å². The van der Waals surface area contributed by atoms with Gasteiger partial charge in [0.25, 0.3) is 0 Å². The largest absolute Gasteiger partial charge is 0.390 e. The number of aliphatic hydroxyl groups is 1. The Labute approximate surface area is 230 Å². The van der Waals surface area contributed by atoms with Crippen LogP contribution in [0.1, 0.15) is 71.4 Å². The van der Waals surface area contributed by atoms with Crippen molar-refractivity contribution >= 4 is 41.7 Å². The number of carbonyl (C=O) groups excluding carboxylic acids is 2. The van der Waals surface area contributed by atoms with Gasteiger partial charge in [-0.25, -0.2) is 4.39 Å². The Balaban J connectivity index is 0.000000400. The van der Waals surface area contributed by atoms with Crippen LogP contribution in [-0.4, -0.2) is 36.1 Å². The van der Waals surface area contributed by atoms with E-state index >= 15 is 0 Å². The van der Waals surface area contributed by atoms with Gasteiger partial charge in [0, 0.05) is 29.8 Å². The molecule has 2 aromatic carbocycles. The van der Waals surface area contributed by atoms with Gasteiger partial charge in [-0.3, -0.25) is 9.59 Å². The molecule has 1 saturated carbocycles. The minimum Gasteiger partial charge on any atom is -0.390 e. The van der Waals surface area contributed by atoms with E-state index in [4.69, 9.17) is 28.3 Å². The number of carbonyl (C=O) groups is 2. The van der Waals surface area contributed by atoms with Gasteiger partial charge < -0.3 is 21.1 Å². The number of hydrogen-bond donors (Lipinski definition) is 4. The first-order chi connectivity index (χ1) is 17.2. The maximum atomic E-state index is 14.0. The minimum absolute atomic E-state index is 0.0384. The van der Waals surface area contributed by atoms with Gasteiger partial charge in [0.15, 0.2) is 0 Å². The summed E-state index contributed by atoms with van der Waals surface area (Å²) in [5, 5.41) is 18.3. The Bertz CT molecular complexity index is 999. The van der Waals surface area contributed by atoms with Crippen LogP contribution in [0, 0.1) is 11.2 Å². The summed E-state index contributed by atoms with van der Waals surface area (Å²) < 4.78 is 14.0. The molecule has 206 valence electrons. The molecule has 0 spiro atoms. The second-order valence-corrected chi connectivity index (χ2v) is 12.0. The van der Waals surface area contributed by atoms with Crippen molar-refractivity contribution in [2.45, 2.75) is 78.5 Å². The fraction of sp³-hybridized carbons (Fsp3) is 0.500. The molecule has 2 aromatic rings. The number of nitrogens with one attached hydrogen (secondary N) is 3. The van der Waals surface area contributed by atoms with Gasteiger partial charge in [-0.2, -0.15) is 0 Å². The lowest BCUT2D eigenvalue weighted by molar-refractivity contribution is -0.113. The van der Waals surface area contributed by atoms with Crippen molar-refractivity contribution in [2.24, 2.45) is 5.41 Å². The molecule has 0 saturated heterocycles. The van der Waals surface area contributed by atoms with E-state index in [1.807, 2.05) is 13.0 Å². The normalized spacial score (nSPS) is 19.1. The number of halogens is 3. The van der Waals surface area contributed by atoms with E-state index in [0.717, 1.165) is 5.56 Å². The summed E-state index contributed by atoms with van der Waals surface area (Å²) in [7, 11) is 0. The quantitative estimate of drug-likeness (QED) is 0.273. The first-order valence-electron chi connectivity index (χ1n) is 12.2. The highest BCUT2D eigenvalue weighted by Crippen LogP contribution is 2.30. The molecule has 2 amide bonds. The average molecular weight is 557 g/mol. The van der Waals surface area contributed by atoms with Gasteiger partial charge in [-0.05, 0) is 60.4 Å². The highest BCUT2D eigenvalue weighted by atomic mass is 35.5. The molecule has 1 atom stereocenters. The molecule has 1 aliphatic carbocycles. The van der Waals surface area contributed by atoms with Crippen molar-refractivity contribution in [3.8, 4) is 0 Å². The topological polar surface area (TPSA) is 90.5 Å². The van der Waals surface area contributed by atoms with Crippen LogP contribution in [0.2, 0.25) is 10.0 Å². The van der Waals surface area contributed by atoms with E-state index < -0.39 is 5.60 Å². The molecule has 1 aliphatic rings. The first kappa shape index (κ1) is 32.8. The van der Waals surface area contributed by atoms with E-state index in [0.29, 0.717) is 60.4 Å². The number of hydrogen-bond acceptors (Lipinski definition) is 4. The molecule has 9 heteroatoms. The molecule has 0 radical (unpaired) electrons. The van der Waals surface area contributed by atoms with Gasteiger partial charge in [0.1, 0.15) is 5.82 Å². The van der Waals surface area contributed by atoms with Crippen LogP contribution in [0.15, 0.2) is 36.4 Å². The zero-order chi connectivity index (χ0) is 28.2. The highest BCUT2D eigenvalue weighted by molar-refractivity contribution is 6.31. The Morgan fingerprint density at radius 2 is 1.76 bits per heavy atom. The SMILES string of the molecule is CC(C)(C)C.CC(CNCc1ccc(Cl)cc1NC=O)c1cccc(Cl)c1F.CC1(O)CC(NC=O)C1. The Kier molecular flexibility index (Phi) is 13.6. The molecular formula is C28H40Cl2FN3O3. The lowest BCUT2D eigenvalue weighted by Gasteiger charge is -2.40. The standard InChI is InChI=1S/C17H17Cl2FN2O.C6H11NO2.C5H12/c1-11(14-3-2-4-15(19)17(14)20)8-21-9-12-5-6-13(18)7-16(12)22-10-23;1-6(9)2-5(3-6)7-4-8;1-5(2,3)4/h2-7,10-11,21H,8-9H2,1H3,(H,22,23);4-5,9H,2-3H2,1H3,(H,7,8);1-4H3. The van der Waals surface area contributed by atoms with Crippen LogP contribution in [0.3, 0.4) is 0 Å². The van der Waals surface area contributed by atoms with Gasteiger partial charge in [0.05, 0.1) is 10.6 Å². The van der Waals surface area contributed by atoms with Crippen molar-refractivity contribution in [1.82, 2.24) is 10.6 Å². The number of amides is 2. The van der Waals surface area contributed by atoms with Crippen molar-refractivity contribution in [2.75, 3.05) is 11.9 Å². The third-order valence-corrected chi connectivity index (χ3v) is 5.77. The van der Waals surface area contributed by atoms with E-state index in [2.05, 4.69) is 43.6 Å². The summed E-state index contributed by atoms with van der Waals surface area (Å²) in [5.74, 6) is -0.415. The average Bonchev–Trinajstić information content (AvgIpc) is 2.75. The molecular weight excluding hydrogens is 516 g/mol. The molecule has 4 N–H and O–H groups in total. The van der Waals surface area contributed by atoms with Crippen molar-refractivity contribution in [3.05, 3.63) is 63.4 Å². The van der Waals surface area contributed by atoms with Gasteiger partial charge in [0.2, 0.25) is 12.8 Å². The summed E-state index contributed by atoms with van der Waals surface area (Å²) in [6.07, 6.45) is 2.66. The number of rotatable bonds is 9. The monoisotopic (exact) mass is 555 g/mol. The zero-order valence-electron chi connectivity index (χ0n) is 22.5. The van der Waals surface area contributed by atoms with Gasteiger partial charge in [-0.1, -0.05) is 76.0 Å². The number of benzene rings is 2. The molecule has 0 aliphatic heterocycles. The smallest absolute Gasteiger partial charge is 0.211 e. The van der Waals surface area contributed by atoms with Gasteiger partial charge >= 0.3 is 0 Å². The molecule has 3 rings (SSSR count). The van der Waals surface area contributed by atoms with Crippen LogP contribution in [-0.2, 0) is 16.1 Å². The molecule has 0 bridgehead atoms. The highest BCUT2D eigenvalue weighted by Gasteiger charge is 2.37. The summed E-state index contributed by atoms with van der Waals surface area (Å²) in [6, 6.07) is 10.5. The fourth-order valence-corrected chi connectivity index (χ4v) is 3.90. The minimum atomic E-state index is -0.527. The van der Waals surface area contributed by atoms with Gasteiger partial charge in [-0.15, -0.1) is 0 Å².